The van der Waals surface area contributed by atoms with E-state index >= 15 is 0 Å². The van der Waals surface area contributed by atoms with Crippen molar-refractivity contribution in [3.63, 3.8) is 0 Å². The number of halogens is 1. The Morgan fingerprint density at radius 3 is 2.40 bits per heavy atom. The van der Waals surface area contributed by atoms with Crippen LogP contribution in [0.2, 0.25) is 0 Å². The third-order valence-electron chi connectivity index (χ3n) is 2.35. The van der Waals surface area contributed by atoms with Crippen molar-refractivity contribution in [2.75, 3.05) is 25.7 Å². The first-order valence-corrected chi connectivity index (χ1v) is 6.09. The molecule has 0 aromatic heterocycles. The van der Waals surface area contributed by atoms with E-state index in [1.54, 1.807) is 7.11 Å². The van der Waals surface area contributed by atoms with E-state index in [1.165, 1.54) is 5.56 Å². The van der Waals surface area contributed by atoms with Gasteiger partial charge in [0.2, 0.25) is 0 Å². The number of rotatable bonds is 6. The number of ether oxygens (including phenoxy) is 2. The zero-order chi connectivity index (χ0) is 11.1. The average Bonchev–Trinajstić information content (AvgIpc) is 2.30. The van der Waals surface area contributed by atoms with Gasteiger partial charge in [0, 0.05) is 12.4 Å². The lowest BCUT2D eigenvalue weighted by Crippen LogP contribution is -2.29. The predicted octanol–water partition coefficient (Wildman–Crippen LogP) is 2.96. The summed E-state index contributed by atoms with van der Waals surface area (Å²) >= 11 is 3.49. The van der Waals surface area contributed by atoms with Crippen LogP contribution < -0.4 is 0 Å². The number of methoxy groups -OCH3 is 1. The molecule has 1 aromatic rings. The third-order valence-corrected chi connectivity index (χ3v) is 3.42. The van der Waals surface area contributed by atoms with Crippen LogP contribution in [-0.4, -0.2) is 25.7 Å². The fourth-order valence-electron chi connectivity index (χ4n) is 1.34. The van der Waals surface area contributed by atoms with Crippen molar-refractivity contribution in [1.82, 2.24) is 0 Å². The lowest BCUT2D eigenvalue weighted by atomic mass is 9.98. The Morgan fingerprint density at radius 1 is 1.20 bits per heavy atom. The molecule has 15 heavy (non-hydrogen) atoms. The van der Waals surface area contributed by atoms with Crippen molar-refractivity contribution in [2.45, 2.75) is 12.5 Å². The molecule has 0 aliphatic rings. The summed E-state index contributed by atoms with van der Waals surface area (Å²) in [5, 5.41) is 0.772. The highest BCUT2D eigenvalue weighted by molar-refractivity contribution is 9.09. The first kappa shape index (κ1) is 12.7. The first-order chi connectivity index (χ1) is 7.23. The standard InChI is InChI=1S/C12H17BrO2/c1-12(10-13,15-9-8-14-2)11-6-4-3-5-7-11/h3-7H,8-10H2,1-2H3. The number of benzene rings is 1. The fourth-order valence-corrected chi connectivity index (χ4v) is 1.83. The number of hydrogen-bond donors (Lipinski definition) is 0. The van der Waals surface area contributed by atoms with Crippen LogP contribution >= 0.6 is 15.9 Å². The second-order valence-electron chi connectivity index (χ2n) is 3.57. The van der Waals surface area contributed by atoms with Gasteiger partial charge in [-0.2, -0.15) is 0 Å². The zero-order valence-corrected chi connectivity index (χ0v) is 10.8. The molecule has 0 amide bonds. The van der Waals surface area contributed by atoms with Crippen LogP contribution in [-0.2, 0) is 15.1 Å². The molecule has 1 atom stereocenters. The highest BCUT2D eigenvalue weighted by Crippen LogP contribution is 2.27. The molecule has 0 aliphatic heterocycles. The van der Waals surface area contributed by atoms with Crippen LogP contribution in [0.15, 0.2) is 30.3 Å². The van der Waals surface area contributed by atoms with Crippen LogP contribution in [0, 0.1) is 0 Å². The SMILES string of the molecule is COCCOC(C)(CBr)c1ccccc1. The molecule has 0 N–H and O–H groups in total. The van der Waals surface area contributed by atoms with Gasteiger partial charge in [-0.1, -0.05) is 46.3 Å². The van der Waals surface area contributed by atoms with E-state index in [0.717, 1.165) is 5.33 Å². The second kappa shape index (κ2) is 6.26. The van der Waals surface area contributed by atoms with Crippen LogP contribution in [0.1, 0.15) is 12.5 Å². The Bertz CT molecular complexity index is 276. The van der Waals surface area contributed by atoms with E-state index in [9.17, 15) is 0 Å². The largest absolute Gasteiger partial charge is 0.382 e. The Kier molecular flexibility index (Phi) is 5.29. The maximum absolute atomic E-state index is 5.83. The van der Waals surface area contributed by atoms with Gasteiger partial charge in [-0.3, -0.25) is 0 Å². The lowest BCUT2D eigenvalue weighted by Gasteiger charge is -2.28. The quantitative estimate of drug-likeness (QED) is 0.586. The van der Waals surface area contributed by atoms with Crippen molar-refractivity contribution in [3.8, 4) is 0 Å². The van der Waals surface area contributed by atoms with E-state index in [4.69, 9.17) is 9.47 Å². The summed E-state index contributed by atoms with van der Waals surface area (Å²) in [5.74, 6) is 0. The van der Waals surface area contributed by atoms with Crippen LogP contribution in [0.3, 0.4) is 0 Å². The van der Waals surface area contributed by atoms with Crippen molar-refractivity contribution in [2.24, 2.45) is 0 Å². The fraction of sp³-hybridized carbons (Fsp3) is 0.500. The molecule has 3 heteroatoms. The molecular formula is C12H17BrO2. The third kappa shape index (κ3) is 3.59. The van der Waals surface area contributed by atoms with E-state index < -0.39 is 0 Å². The minimum absolute atomic E-state index is 0.278. The predicted molar refractivity (Wildman–Crippen MR) is 65.4 cm³/mol. The van der Waals surface area contributed by atoms with Crippen molar-refractivity contribution >= 4 is 15.9 Å². The van der Waals surface area contributed by atoms with Gasteiger partial charge < -0.3 is 9.47 Å². The molecule has 0 bridgehead atoms. The number of hydrogen-bond acceptors (Lipinski definition) is 2. The molecule has 0 fully saturated rings. The normalized spacial score (nSPS) is 14.9. The molecule has 2 nitrogen and oxygen atoms in total. The lowest BCUT2D eigenvalue weighted by molar-refractivity contribution is -0.0390. The average molecular weight is 273 g/mol. The molecule has 0 saturated carbocycles. The molecule has 1 unspecified atom stereocenters. The van der Waals surface area contributed by atoms with E-state index in [1.807, 2.05) is 18.2 Å². The Hall–Kier alpha value is -0.380. The molecule has 1 aromatic carbocycles. The van der Waals surface area contributed by atoms with Crippen LogP contribution in [0.25, 0.3) is 0 Å². The van der Waals surface area contributed by atoms with E-state index in [-0.39, 0.29) is 5.60 Å². The van der Waals surface area contributed by atoms with Gasteiger partial charge >= 0.3 is 0 Å². The molecular weight excluding hydrogens is 256 g/mol. The summed E-state index contributed by atoms with van der Waals surface area (Å²) in [6, 6.07) is 10.2. The van der Waals surface area contributed by atoms with Gasteiger partial charge in [0.25, 0.3) is 0 Å². The summed E-state index contributed by atoms with van der Waals surface area (Å²) < 4.78 is 10.8. The van der Waals surface area contributed by atoms with Gasteiger partial charge in [0.1, 0.15) is 5.60 Å². The highest BCUT2D eigenvalue weighted by atomic mass is 79.9. The smallest absolute Gasteiger partial charge is 0.100 e. The van der Waals surface area contributed by atoms with Crippen molar-refractivity contribution in [1.29, 1.82) is 0 Å². The molecule has 0 aliphatic carbocycles. The Morgan fingerprint density at radius 2 is 1.87 bits per heavy atom. The molecule has 0 saturated heterocycles. The molecule has 0 heterocycles. The highest BCUT2D eigenvalue weighted by Gasteiger charge is 2.25. The molecule has 0 spiro atoms. The molecule has 0 radical (unpaired) electrons. The maximum atomic E-state index is 5.83. The topological polar surface area (TPSA) is 18.5 Å². The minimum atomic E-state index is -0.278. The van der Waals surface area contributed by atoms with Crippen molar-refractivity contribution in [3.05, 3.63) is 35.9 Å². The van der Waals surface area contributed by atoms with Gasteiger partial charge in [-0.05, 0) is 12.5 Å². The zero-order valence-electron chi connectivity index (χ0n) is 9.20. The van der Waals surface area contributed by atoms with Gasteiger partial charge in [-0.25, -0.2) is 0 Å². The van der Waals surface area contributed by atoms with Gasteiger partial charge in [-0.15, -0.1) is 0 Å². The molecule has 84 valence electrons. The summed E-state index contributed by atoms with van der Waals surface area (Å²) in [6.07, 6.45) is 0. The molecule has 1 rings (SSSR count). The minimum Gasteiger partial charge on any atom is -0.382 e. The monoisotopic (exact) mass is 272 g/mol. The Labute approximate surface area is 99.7 Å². The van der Waals surface area contributed by atoms with E-state index in [0.29, 0.717) is 13.2 Å². The second-order valence-corrected chi connectivity index (χ2v) is 4.13. The first-order valence-electron chi connectivity index (χ1n) is 4.97. The summed E-state index contributed by atoms with van der Waals surface area (Å²) in [7, 11) is 1.68. The Balaban J connectivity index is 2.67. The van der Waals surface area contributed by atoms with Crippen LogP contribution in [0.5, 0.6) is 0 Å². The summed E-state index contributed by atoms with van der Waals surface area (Å²) in [6.45, 7) is 3.30. The van der Waals surface area contributed by atoms with E-state index in [2.05, 4.69) is 35.0 Å². The summed E-state index contributed by atoms with van der Waals surface area (Å²) in [5.41, 5.74) is 0.901. The van der Waals surface area contributed by atoms with Gasteiger partial charge in [0.05, 0.1) is 13.2 Å². The number of alkyl halides is 1. The van der Waals surface area contributed by atoms with Crippen LogP contribution in [0.4, 0.5) is 0 Å². The van der Waals surface area contributed by atoms with Crippen molar-refractivity contribution < 1.29 is 9.47 Å². The van der Waals surface area contributed by atoms with Gasteiger partial charge in [0.15, 0.2) is 0 Å². The summed E-state index contributed by atoms with van der Waals surface area (Å²) in [4.78, 5) is 0. The maximum Gasteiger partial charge on any atom is 0.100 e.